The van der Waals surface area contributed by atoms with Crippen molar-refractivity contribution in [3.05, 3.63) is 48.4 Å². The number of carbonyl (C=O) groups excluding carboxylic acids is 1. The number of imidazole rings is 1. The first kappa shape index (κ1) is 16.8. The molecule has 0 radical (unpaired) electrons. The van der Waals surface area contributed by atoms with Crippen molar-refractivity contribution in [2.24, 2.45) is 0 Å². The summed E-state index contributed by atoms with van der Waals surface area (Å²) in [5.41, 5.74) is 3.05. The molecule has 2 N–H and O–H groups in total. The van der Waals surface area contributed by atoms with Crippen molar-refractivity contribution in [2.75, 3.05) is 5.32 Å². The number of nitrogens with zero attached hydrogens (tertiary/aromatic N) is 6. The van der Waals surface area contributed by atoms with Crippen molar-refractivity contribution >= 4 is 22.6 Å². The van der Waals surface area contributed by atoms with E-state index in [-0.39, 0.29) is 18.4 Å². The molecule has 4 aromatic rings. The van der Waals surface area contributed by atoms with Crippen LogP contribution in [0.25, 0.3) is 22.6 Å². The van der Waals surface area contributed by atoms with Crippen LogP contribution in [-0.4, -0.2) is 41.1 Å². The number of fused-ring (bicyclic) bond motifs is 1. The number of hydrogen-bond acceptors (Lipinski definition) is 6. The predicted octanol–water partition coefficient (Wildman–Crippen LogP) is 2.37. The quantitative estimate of drug-likeness (QED) is 0.563. The van der Waals surface area contributed by atoms with Gasteiger partial charge in [-0.2, -0.15) is 0 Å². The molecule has 1 amide bonds. The molecule has 0 fully saturated rings. The number of carbonyl (C=O) groups is 1. The Balaban J connectivity index is 1.52. The second-order valence-corrected chi connectivity index (χ2v) is 6.43. The third kappa shape index (κ3) is 3.52. The number of anilines is 1. The lowest BCUT2D eigenvalue weighted by Crippen LogP contribution is -2.21. The zero-order chi connectivity index (χ0) is 18.8. The van der Waals surface area contributed by atoms with Crippen LogP contribution in [-0.2, 0) is 11.3 Å². The van der Waals surface area contributed by atoms with Crippen LogP contribution in [0.1, 0.15) is 25.6 Å². The normalized spacial score (nSPS) is 11.2. The van der Waals surface area contributed by atoms with E-state index in [1.807, 2.05) is 50.2 Å². The molecule has 9 heteroatoms. The van der Waals surface area contributed by atoms with Crippen molar-refractivity contribution in [3.63, 3.8) is 0 Å². The van der Waals surface area contributed by atoms with E-state index >= 15 is 0 Å². The highest BCUT2D eigenvalue weighted by molar-refractivity contribution is 5.93. The topological polar surface area (TPSA) is 114 Å². The Bertz CT molecular complexity index is 1080. The van der Waals surface area contributed by atoms with Gasteiger partial charge in [0.15, 0.2) is 11.6 Å². The fourth-order valence-corrected chi connectivity index (χ4v) is 2.79. The van der Waals surface area contributed by atoms with Crippen molar-refractivity contribution in [1.29, 1.82) is 0 Å². The van der Waals surface area contributed by atoms with Gasteiger partial charge in [0.25, 0.3) is 0 Å². The molecule has 0 bridgehead atoms. The average Bonchev–Trinajstić information content (AvgIpc) is 3.28. The highest BCUT2D eigenvalue weighted by atomic mass is 16.2. The number of aromatic nitrogens is 7. The molecule has 27 heavy (non-hydrogen) atoms. The number of H-pyrrole nitrogens is 1. The molecule has 9 nitrogen and oxygen atoms in total. The molecule has 136 valence electrons. The standard InChI is InChI=1S/C18H18N8O/c1-11(2)18-23-24-25-26(18)10-16(27)20-12-6-7-13-15(9-12)22-17(21-13)14-5-3-4-8-19-14/h3-9,11H,10H2,1-2H3,(H,20,27)(H,21,22). The molecule has 0 unspecified atom stereocenters. The Labute approximate surface area is 154 Å². The zero-order valence-electron chi connectivity index (χ0n) is 14.9. The van der Waals surface area contributed by atoms with Gasteiger partial charge < -0.3 is 10.3 Å². The fourth-order valence-electron chi connectivity index (χ4n) is 2.79. The molecular weight excluding hydrogens is 344 g/mol. The summed E-state index contributed by atoms with van der Waals surface area (Å²) in [6, 6.07) is 11.2. The number of amides is 1. The predicted molar refractivity (Wildman–Crippen MR) is 99.9 cm³/mol. The number of tetrazole rings is 1. The lowest BCUT2D eigenvalue weighted by Gasteiger charge is -2.08. The number of benzene rings is 1. The van der Waals surface area contributed by atoms with Gasteiger partial charge in [-0.1, -0.05) is 19.9 Å². The number of pyridine rings is 1. The minimum atomic E-state index is -0.201. The minimum Gasteiger partial charge on any atom is -0.337 e. The van der Waals surface area contributed by atoms with Crippen molar-refractivity contribution in [2.45, 2.75) is 26.3 Å². The van der Waals surface area contributed by atoms with Crippen molar-refractivity contribution in [1.82, 2.24) is 35.2 Å². The highest BCUT2D eigenvalue weighted by Gasteiger charge is 2.14. The fraction of sp³-hybridized carbons (Fsp3) is 0.222. The van der Waals surface area contributed by atoms with E-state index in [0.717, 1.165) is 16.7 Å². The molecule has 0 aliphatic carbocycles. The van der Waals surface area contributed by atoms with Crippen LogP contribution in [0.2, 0.25) is 0 Å². The van der Waals surface area contributed by atoms with Crippen LogP contribution < -0.4 is 5.32 Å². The molecule has 1 aromatic carbocycles. The van der Waals surface area contributed by atoms with Crippen LogP contribution in [0, 0.1) is 0 Å². The molecule has 3 heterocycles. The minimum absolute atomic E-state index is 0.0563. The summed E-state index contributed by atoms with van der Waals surface area (Å²) < 4.78 is 1.51. The molecule has 4 rings (SSSR count). The van der Waals surface area contributed by atoms with Gasteiger partial charge in [0.2, 0.25) is 5.91 Å². The molecule has 0 saturated carbocycles. The molecule has 0 atom stereocenters. The molecule has 0 spiro atoms. The summed E-state index contributed by atoms with van der Waals surface area (Å²) in [6.45, 7) is 4.01. The van der Waals surface area contributed by atoms with Gasteiger partial charge in [-0.25, -0.2) is 9.67 Å². The van der Waals surface area contributed by atoms with E-state index in [0.29, 0.717) is 17.3 Å². The van der Waals surface area contributed by atoms with Gasteiger partial charge in [0.05, 0.1) is 11.0 Å². The maximum Gasteiger partial charge on any atom is 0.246 e. The molecular formula is C18H18N8O. The van der Waals surface area contributed by atoms with Crippen LogP contribution >= 0.6 is 0 Å². The van der Waals surface area contributed by atoms with Crippen molar-refractivity contribution < 1.29 is 4.79 Å². The number of hydrogen-bond donors (Lipinski definition) is 2. The smallest absolute Gasteiger partial charge is 0.246 e. The highest BCUT2D eigenvalue weighted by Crippen LogP contribution is 2.21. The number of nitrogens with one attached hydrogen (secondary N) is 2. The Morgan fingerprint density at radius 3 is 2.93 bits per heavy atom. The summed E-state index contributed by atoms with van der Waals surface area (Å²) in [5, 5.41) is 14.3. The maximum absolute atomic E-state index is 12.4. The van der Waals surface area contributed by atoms with Gasteiger partial charge in [-0.15, -0.1) is 5.10 Å². The third-order valence-electron chi connectivity index (χ3n) is 4.04. The molecule has 3 aromatic heterocycles. The Morgan fingerprint density at radius 1 is 1.26 bits per heavy atom. The van der Waals surface area contributed by atoms with Crippen LogP contribution in [0.3, 0.4) is 0 Å². The van der Waals surface area contributed by atoms with E-state index < -0.39 is 0 Å². The van der Waals surface area contributed by atoms with E-state index in [4.69, 9.17) is 0 Å². The summed E-state index contributed by atoms with van der Waals surface area (Å²) in [4.78, 5) is 24.4. The SMILES string of the molecule is CC(C)c1nnnn1CC(=O)Nc1ccc2nc(-c3ccccn3)[nH]c2c1. The van der Waals surface area contributed by atoms with E-state index in [1.54, 1.807) is 6.20 Å². The van der Waals surface area contributed by atoms with Gasteiger partial charge >= 0.3 is 0 Å². The molecule has 0 aliphatic rings. The zero-order valence-corrected chi connectivity index (χ0v) is 14.9. The second kappa shape index (κ2) is 6.94. The number of rotatable bonds is 5. The summed E-state index contributed by atoms with van der Waals surface area (Å²) in [7, 11) is 0. The first-order valence-electron chi connectivity index (χ1n) is 8.57. The third-order valence-corrected chi connectivity index (χ3v) is 4.04. The molecule has 0 aliphatic heterocycles. The maximum atomic E-state index is 12.4. The van der Waals surface area contributed by atoms with E-state index in [9.17, 15) is 4.79 Å². The van der Waals surface area contributed by atoms with Gasteiger partial charge in [0, 0.05) is 17.8 Å². The first-order valence-corrected chi connectivity index (χ1v) is 8.57. The average molecular weight is 362 g/mol. The lowest BCUT2D eigenvalue weighted by molar-refractivity contribution is -0.117. The Hall–Kier alpha value is -3.62. The summed E-state index contributed by atoms with van der Waals surface area (Å²) in [5.74, 6) is 1.30. The van der Waals surface area contributed by atoms with Gasteiger partial charge in [-0.05, 0) is 40.8 Å². The lowest BCUT2D eigenvalue weighted by atomic mass is 10.2. The van der Waals surface area contributed by atoms with Crippen LogP contribution in [0.5, 0.6) is 0 Å². The van der Waals surface area contributed by atoms with E-state index in [2.05, 4.69) is 35.8 Å². The molecule has 0 saturated heterocycles. The van der Waals surface area contributed by atoms with Gasteiger partial charge in [-0.3, -0.25) is 9.78 Å². The van der Waals surface area contributed by atoms with Crippen molar-refractivity contribution in [3.8, 4) is 11.5 Å². The second-order valence-electron chi connectivity index (χ2n) is 6.43. The summed E-state index contributed by atoms with van der Waals surface area (Å²) in [6.07, 6.45) is 1.72. The largest absolute Gasteiger partial charge is 0.337 e. The van der Waals surface area contributed by atoms with E-state index in [1.165, 1.54) is 4.68 Å². The Kier molecular flexibility index (Phi) is 4.33. The van der Waals surface area contributed by atoms with Crippen LogP contribution in [0.15, 0.2) is 42.6 Å². The monoisotopic (exact) mass is 362 g/mol. The Morgan fingerprint density at radius 2 is 2.15 bits per heavy atom. The van der Waals surface area contributed by atoms with Crippen LogP contribution in [0.4, 0.5) is 5.69 Å². The summed E-state index contributed by atoms with van der Waals surface area (Å²) >= 11 is 0. The number of aromatic amines is 1. The van der Waals surface area contributed by atoms with Gasteiger partial charge in [0.1, 0.15) is 12.2 Å². The first-order chi connectivity index (χ1) is 13.1.